The molecule has 0 fully saturated rings. The number of nitrogens with one attached hydrogen (secondary N) is 1. The molecule has 0 atom stereocenters. The van der Waals surface area contributed by atoms with Gasteiger partial charge in [0.15, 0.2) is 0 Å². The second kappa shape index (κ2) is 3.72. The molecule has 3 nitrogen and oxygen atoms in total. The lowest BCUT2D eigenvalue weighted by atomic mass is 9.76. The van der Waals surface area contributed by atoms with E-state index < -0.39 is 0 Å². The molecule has 0 aromatic carbocycles. The van der Waals surface area contributed by atoms with Crippen LogP contribution in [0.15, 0.2) is 0 Å². The summed E-state index contributed by atoms with van der Waals surface area (Å²) in [5, 5.41) is 3.56. The molecule has 3 heteroatoms. The molecule has 15 heavy (non-hydrogen) atoms. The summed E-state index contributed by atoms with van der Waals surface area (Å²) >= 11 is 0. The van der Waals surface area contributed by atoms with Gasteiger partial charge in [-0.1, -0.05) is 0 Å². The van der Waals surface area contributed by atoms with Gasteiger partial charge in [-0.05, 0) is 55.4 Å². The topological polar surface area (TPSA) is 64.1 Å². The van der Waals surface area contributed by atoms with Crippen molar-refractivity contribution in [2.45, 2.75) is 77.5 Å². The van der Waals surface area contributed by atoms with E-state index in [1.165, 1.54) is 0 Å². The van der Waals surface area contributed by atoms with E-state index in [0.717, 1.165) is 0 Å². The molecule has 0 bridgehead atoms. The maximum atomic E-state index is 6.16. The molecule has 0 spiro atoms. The standard InChI is InChI=1S/C12H29N3/c1-9(2,13)11(5,6)15-12(7,8)10(3,4)14/h15H,13-14H2,1-8H3. The van der Waals surface area contributed by atoms with Crippen LogP contribution in [0, 0.1) is 0 Å². The predicted octanol–water partition coefficient (Wildman–Crippen LogP) is 1.61. The van der Waals surface area contributed by atoms with Crippen LogP contribution in [0.5, 0.6) is 0 Å². The number of rotatable bonds is 4. The minimum Gasteiger partial charge on any atom is -0.324 e. The minimum absolute atomic E-state index is 0.173. The summed E-state index contributed by atoms with van der Waals surface area (Å²) in [6.07, 6.45) is 0. The molecular formula is C12H29N3. The number of hydrogen-bond acceptors (Lipinski definition) is 3. The number of nitrogens with two attached hydrogens (primary N) is 2. The van der Waals surface area contributed by atoms with Crippen molar-refractivity contribution in [3.05, 3.63) is 0 Å². The highest BCUT2D eigenvalue weighted by molar-refractivity contribution is 5.06. The monoisotopic (exact) mass is 215 g/mol. The zero-order valence-electron chi connectivity index (χ0n) is 11.7. The van der Waals surface area contributed by atoms with Crippen molar-refractivity contribution in [1.82, 2.24) is 5.32 Å². The summed E-state index contributed by atoms with van der Waals surface area (Å²) in [5.41, 5.74) is 11.4. The normalized spacial score (nSPS) is 15.6. The van der Waals surface area contributed by atoms with Gasteiger partial charge in [0.2, 0.25) is 0 Å². The van der Waals surface area contributed by atoms with E-state index in [1.54, 1.807) is 0 Å². The van der Waals surface area contributed by atoms with Gasteiger partial charge in [-0.3, -0.25) is 0 Å². The zero-order chi connectivity index (χ0) is 12.7. The molecule has 0 rings (SSSR count). The highest BCUT2D eigenvalue weighted by Gasteiger charge is 2.42. The lowest BCUT2D eigenvalue weighted by Crippen LogP contribution is -2.72. The summed E-state index contributed by atoms with van der Waals surface area (Å²) in [4.78, 5) is 0. The molecule has 0 saturated carbocycles. The van der Waals surface area contributed by atoms with Crippen molar-refractivity contribution in [3.8, 4) is 0 Å². The fourth-order valence-corrected chi connectivity index (χ4v) is 1.10. The second-order valence-electron chi connectivity index (χ2n) is 6.82. The van der Waals surface area contributed by atoms with Crippen LogP contribution in [-0.2, 0) is 0 Å². The van der Waals surface area contributed by atoms with Crippen molar-refractivity contribution >= 4 is 0 Å². The molecule has 5 N–H and O–H groups in total. The van der Waals surface area contributed by atoms with E-state index >= 15 is 0 Å². The first-order valence-electron chi connectivity index (χ1n) is 5.58. The Labute approximate surface area is 95.0 Å². The highest BCUT2D eigenvalue weighted by atomic mass is 15.1. The molecule has 0 saturated heterocycles. The van der Waals surface area contributed by atoms with Crippen LogP contribution in [0.3, 0.4) is 0 Å². The molecule has 0 aromatic heterocycles. The van der Waals surface area contributed by atoms with Gasteiger partial charge in [0, 0.05) is 22.2 Å². The van der Waals surface area contributed by atoms with Gasteiger partial charge in [0.25, 0.3) is 0 Å². The van der Waals surface area contributed by atoms with Gasteiger partial charge in [-0.15, -0.1) is 0 Å². The van der Waals surface area contributed by atoms with E-state index in [2.05, 4.69) is 33.0 Å². The fourth-order valence-electron chi connectivity index (χ4n) is 1.10. The molecule has 0 aliphatic carbocycles. The molecule has 0 amide bonds. The van der Waals surface area contributed by atoms with Gasteiger partial charge < -0.3 is 16.8 Å². The van der Waals surface area contributed by atoms with Crippen LogP contribution in [0.25, 0.3) is 0 Å². The average molecular weight is 215 g/mol. The maximum Gasteiger partial charge on any atom is 0.0304 e. The average Bonchev–Trinajstić information content (AvgIpc) is 1.77. The SMILES string of the molecule is CC(C)(N)C(C)(C)NC(C)(C)C(C)(C)N. The largest absolute Gasteiger partial charge is 0.324 e. The summed E-state index contributed by atoms with van der Waals surface area (Å²) < 4.78 is 0. The highest BCUT2D eigenvalue weighted by Crippen LogP contribution is 2.26. The molecule has 0 aliphatic rings. The minimum atomic E-state index is -0.296. The molecule has 0 heterocycles. The first-order chi connectivity index (χ1) is 6.21. The molecule has 0 aromatic rings. The Balaban J connectivity index is 4.89. The van der Waals surface area contributed by atoms with Gasteiger partial charge >= 0.3 is 0 Å². The van der Waals surface area contributed by atoms with Crippen molar-refractivity contribution < 1.29 is 0 Å². The summed E-state index contributed by atoms with van der Waals surface area (Å²) in [6.45, 7) is 16.6. The molecule has 0 radical (unpaired) electrons. The van der Waals surface area contributed by atoms with Crippen LogP contribution in [-0.4, -0.2) is 22.2 Å². The van der Waals surface area contributed by atoms with Crippen molar-refractivity contribution in [2.75, 3.05) is 0 Å². The van der Waals surface area contributed by atoms with Gasteiger partial charge in [-0.25, -0.2) is 0 Å². The zero-order valence-corrected chi connectivity index (χ0v) is 11.7. The number of hydrogen-bond donors (Lipinski definition) is 3. The third-order valence-corrected chi connectivity index (χ3v) is 3.85. The molecular weight excluding hydrogens is 186 g/mol. The van der Waals surface area contributed by atoms with Crippen molar-refractivity contribution in [2.24, 2.45) is 11.5 Å². The Bertz CT molecular complexity index is 192. The summed E-state index contributed by atoms with van der Waals surface area (Å²) in [7, 11) is 0. The molecule has 0 aliphatic heterocycles. The smallest absolute Gasteiger partial charge is 0.0304 e. The third kappa shape index (κ3) is 3.44. The van der Waals surface area contributed by atoms with Crippen molar-refractivity contribution in [1.29, 1.82) is 0 Å². The molecule has 92 valence electrons. The summed E-state index contributed by atoms with van der Waals surface area (Å²) in [6, 6.07) is 0. The third-order valence-electron chi connectivity index (χ3n) is 3.85. The van der Waals surface area contributed by atoms with E-state index in [1.807, 2.05) is 27.7 Å². The Kier molecular flexibility index (Phi) is 3.69. The fraction of sp³-hybridized carbons (Fsp3) is 1.00. The first-order valence-corrected chi connectivity index (χ1v) is 5.58. The van der Waals surface area contributed by atoms with Crippen molar-refractivity contribution in [3.63, 3.8) is 0 Å². The Morgan fingerprint density at radius 1 is 0.600 bits per heavy atom. The Hall–Kier alpha value is -0.120. The van der Waals surface area contributed by atoms with Crippen LogP contribution in [0.4, 0.5) is 0 Å². The second-order valence-corrected chi connectivity index (χ2v) is 6.82. The summed E-state index contributed by atoms with van der Waals surface area (Å²) in [5.74, 6) is 0. The first kappa shape index (κ1) is 14.9. The van der Waals surface area contributed by atoms with E-state index in [-0.39, 0.29) is 22.2 Å². The van der Waals surface area contributed by atoms with E-state index in [4.69, 9.17) is 11.5 Å². The quantitative estimate of drug-likeness (QED) is 0.667. The lowest BCUT2D eigenvalue weighted by Gasteiger charge is -2.50. The molecule has 0 unspecified atom stereocenters. The van der Waals surface area contributed by atoms with Crippen LogP contribution in [0.2, 0.25) is 0 Å². The lowest BCUT2D eigenvalue weighted by molar-refractivity contribution is 0.133. The van der Waals surface area contributed by atoms with Gasteiger partial charge in [0.1, 0.15) is 0 Å². The Morgan fingerprint density at radius 2 is 0.800 bits per heavy atom. The van der Waals surface area contributed by atoms with Crippen LogP contribution < -0.4 is 16.8 Å². The van der Waals surface area contributed by atoms with Crippen LogP contribution >= 0.6 is 0 Å². The van der Waals surface area contributed by atoms with Gasteiger partial charge in [-0.2, -0.15) is 0 Å². The van der Waals surface area contributed by atoms with E-state index in [9.17, 15) is 0 Å². The predicted molar refractivity (Wildman–Crippen MR) is 67.8 cm³/mol. The van der Waals surface area contributed by atoms with Gasteiger partial charge in [0.05, 0.1) is 0 Å². The van der Waals surface area contributed by atoms with E-state index in [0.29, 0.717) is 0 Å². The van der Waals surface area contributed by atoms with Crippen LogP contribution in [0.1, 0.15) is 55.4 Å². The Morgan fingerprint density at radius 3 is 0.933 bits per heavy atom. The maximum absolute atomic E-state index is 6.16.